The first-order valence-corrected chi connectivity index (χ1v) is 4.53. The Kier molecular flexibility index (Phi) is 2.92. The number of rotatable bonds is 0. The zero-order chi connectivity index (χ0) is 10.2. The standard InChI is InChI=1S/C8H5BrClF3/c1-4-2-3-5(10)6(7(4)9)8(11,12)13/h2-3H,1H3. The van der Waals surface area contributed by atoms with Crippen molar-refractivity contribution in [3.63, 3.8) is 0 Å². The van der Waals surface area contributed by atoms with Gasteiger partial charge in [-0.3, -0.25) is 0 Å². The molecule has 0 unspecified atom stereocenters. The molecule has 0 atom stereocenters. The van der Waals surface area contributed by atoms with Crippen molar-refractivity contribution < 1.29 is 13.2 Å². The number of hydrogen-bond acceptors (Lipinski definition) is 0. The smallest absolute Gasteiger partial charge is 0.166 e. The summed E-state index contributed by atoms with van der Waals surface area (Å²) >= 11 is 8.30. The summed E-state index contributed by atoms with van der Waals surface area (Å²) in [5.74, 6) is 0. The highest BCUT2D eigenvalue weighted by molar-refractivity contribution is 9.10. The predicted octanol–water partition coefficient (Wildman–Crippen LogP) is 4.43. The molecule has 0 heterocycles. The Bertz CT molecular complexity index is 333. The molecular weight excluding hydrogens is 268 g/mol. The third-order valence-corrected chi connectivity index (χ3v) is 2.90. The van der Waals surface area contributed by atoms with Crippen molar-refractivity contribution >= 4 is 27.5 Å². The minimum absolute atomic E-state index is 0.00694. The summed E-state index contributed by atoms with van der Waals surface area (Å²) in [4.78, 5) is 0. The van der Waals surface area contributed by atoms with Gasteiger partial charge in [-0.05, 0) is 34.5 Å². The molecule has 0 aliphatic carbocycles. The summed E-state index contributed by atoms with van der Waals surface area (Å²) in [7, 11) is 0. The van der Waals surface area contributed by atoms with E-state index in [4.69, 9.17) is 11.6 Å². The van der Waals surface area contributed by atoms with E-state index in [1.807, 2.05) is 0 Å². The molecule has 0 amide bonds. The van der Waals surface area contributed by atoms with Crippen molar-refractivity contribution in [3.05, 3.63) is 32.8 Å². The molecule has 0 aliphatic rings. The Hall–Kier alpha value is -0.220. The van der Waals surface area contributed by atoms with Gasteiger partial charge in [-0.1, -0.05) is 17.7 Å². The largest absolute Gasteiger partial charge is 0.418 e. The summed E-state index contributed by atoms with van der Waals surface area (Å²) < 4.78 is 37.1. The van der Waals surface area contributed by atoms with Crippen LogP contribution in [0.15, 0.2) is 16.6 Å². The summed E-state index contributed by atoms with van der Waals surface area (Å²) in [5.41, 5.74) is -0.300. The molecule has 13 heavy (non-hydrogen) atoms. The maximum Gasteiger partial charge on any atom is 0.418 e. The molecule has 1 aromatic carbocycles. The number of benzene rings is 1. The normalized spacial score (nSPS) is 11.8. The van der Waals surface area contributed by atoms with E-state index < -0.39 is 11.7 Å². The maximum atomic E-state index is 12.4. The number of hydrogen-bond donors (Lipinski definition) is 0. The molecular formula is C8H5BrClF3. The van der Waals surface area contributed by atoms with Crippen LogP contribution in [0.1, 0.15) is 11.1 Å². The third-order valence-electron chi connectivity index (χ3n) is 1.57. The predicted molar refractivity (Wildman–Crippen MR) is 48.9 cm³/mol. The van der Waals surface area contributed by atoms with Gasteiger partial charge in [0.25, 0.3) is 0 Å². The lowest BCUT2D eigenvalue weighted by Crippen LogP contribution is -2.07. The Morgan fingerprint density at radius 2 is 1.85 bits per heavy atom. The van der Waals surface area contributed by atoms with E-state index in [-0.39, 0.29) is 9.50 Å². The van der Waals surface area contributed by atoms with Crippen molar-refractivity contribution in [3.8, 4) is 0 Å². The molecule has 0 spiro atoms. The average Bonchev–Trinajstić information content (AvgIpc) is 1.95. The molecule has 0 aliphatic heterocycles. The van der Waals surface area contributed by atoms with Crippen LogP contribution in [0.3, 0.4) is 0 Å². The lowest BCUT2D eigenvalue weighted by Gasteiger charge is -2.12. The minimum Gasteiger partial charge on any atom is -0.166 e. The molecule has 72 valence electrons. The first-order valence-electron chi connectivity index (χ1n) is 3.36. The Labute approximate surface area is 86.8 Å². The van der Waals surface area contributed by atoms with E-state index in [0.29, 0.717) is 5.56 Å². The molecule has 0 N–H and O–H groups in total. The SMILES string of the molecule is Cc1ccc(Cl)c(C(F)(F)F)c1Br. The molecule has 0 radical (unpaired) electrons. The molecule has 0 nitrogen and oxygen atoms in total. The van der Waals surface area contributed by atoms with Crippen LogP contribution in [-0.4, -0.2) is 0 Å². The zero-order valence-corrected chi connectivity index (χ0v) is 8.89. The third kappa shape index (κ3) is 2.17. The molecule has 0 fully saturated rings. The first kappa shape index (κ1) is 10.9. The van der Waals surface area contributed by atoms with Crippen LogP contribution in [-0.2, 0) is 6.18 Å². The van der Waals surface area contributed by atoms with E-state index in [9.17, 15) is 13.2 Å². The molecule has 0 saturated carbocycles. The monoisotopic (exact) mass is 272 g/mol. The van der Waals surface area contributed by atoms with Gasteiger partial charge in [0.05, 0.1) is 10.6 Å². The van der Waals surface area contributed by atoms with Gasteiger partial charge >= 0.3 is 6.18 Å². The van der Waals surface area contributed by atoms with Crippen LogP contribution in [0, 0.1) is 6.92 Å². The number of halogens is 5. The van der Waals surface area contributed by atoms with Crippen molar-refractivity contribution in [2.75, 3.05) is 0 Å². The maximum absolute atomic E-state index is 12.4. The fourth-order valence-electron chi connectivity index (χ4n) is 0.917. The van der Waals surface area contributed by atoms with E-state index in [1.165, 1.54) is 12.1 Å². The molecule has 5 heteroatoms. The van der Waals surface area contributed by atoms with E-state index in [1.54, 1.807) is 6.92 Å². The lowest BCUT2D eigenvalue weighted by molar-refractivity contribution is -0.138. The van der Waals surface area contributed by atoms with Gasteiger partial charge in [-0.2, -0.15) is 13.2 Å². The van der Waals surface area contributed by atoms with Crippen molar-refractivity contribution in [1.29, 1.82) is 0 Å². The number of aryl methyl sites for hydroxylation is 1. The van der Waals surface area contributed by atoms with Gasteiger partial charge in [0, 0.05) is 4.47 Å². The van der Waals surface area contributed by atoms with Crippen LogP contribution >= 0.6 is 27.5 Å². The minimum atomic E-state index is -4.41. The number of alkyl halides is 3. The second kappa shape index (κ2) is 3.50. The van der Waals surface area contributed by atoms with Crippen LogP contribution < -0.4 is 0 Å². The van der Waals surface area contributed by atoms with Crippen molar-refractivity contribution in [1.82, 2.24) is 0 Å². The first-order chi connectivity index (χ1) is 5.84. The zero-order valence-electron chi connectivity index (χ0n) is 6.54. The second-order valence-electron chi connectivity index (χ2n) is 2.55. The van der Waals surface area contributed by atoms with E-state index >= 15 is 0 Å². The Morgan fingerprint density at radius 3 is 2.23 bits per heavy atom. The van der Waals surface area contributed by atoms with Crippen LogP contribution in [0.2, 0.25) is 5.02 Å². The summed E-state index contributed by atoms with van der Waals surface area (Å²) in [6.07, 6.45) is -4.41. The van der Waals surface area contributed by atoms with Crippen LogP contribution in [0.25, 0.3) is 0 Å². The molecule has 0 saturated heterocycles. The van der Waals surface area contributed by atoms with Gasteiger partial charge in [0.1, 0.15) is 0 Å². The lowest BCUT2D eigenvalue weighted by atomic mass is 10.1. The van der Waals surface area contributed by atoms with E-state index in [2.05, 4.69) is 15.9 Å². The van der Waals surface area contributed by atoms with Gasteiger partial charge in [0.15, 0.2) is 0 Å². The quantitative estimate of drug-likeness (QED) is 0.656. The molecule has 0 aromatic heterocycles. The highest BCUT2D eigenvalue weighted by atomic mass is 79.9. The van der Waals surface area contributed by atoms with Crippen LogP contribution in [0.5, 0.6) is 0 Å². The van der Waals surface area contributed by atoms with Gasteiger partial charge in [-0.15, -0.1) is 0 Å². The summed E-state index contributed by atoms with van der Waals surface area (Å²) in [6.45, 7) is 1.58. The summed E-state index contributed by atoms with van der Waals surface area (Å²) in [5, 5.41) is -0.287. The Morgan fingerprint density at radius 1 is 1.31 bits per heavy atom. The second-order valence-corrected chi connectivity index (χ2v) is 3.75. The highest BCUT2D eigenvalue weighted by Crippen LogP contribution is 2.40. The van der Waals surface area contributed by atoms with Gasteiger partial charge in [0.2, 0.25) is 0 Å². The topological polar surface area (TPSA) is 0 Å². The van der Waals surface area contributed by atoms with Crippen molar-refractivity contribution in [2.24, 2.45) is 0 Å². The Balaban J connectivity index is 3.43. The fourth-order valence-corrected chi connectivity index (χ4v) is 1.87. The molecule has 1 aromatic rings. The average molecular weight is 273 g/mol. The van der Waals surface area contributed by atoms with Crippen molar-refractivity contribution in [2.45, 2.75) is 13.1 Å². The molecule has 0 bridgehead atoms. The fraction of sp³-hybridized carbons (Fsp3) is 0.250. The summed E-state index contributed by atoms with van der Waals surface area (Å²) in [6, 6.07) is 2.77. The van der Waals surface area contributed by atoms with Crippen LogP contribution in [0.4, 0.5) is 13.2 Å². The van der Waals surface area contributed by atoms with Gasteiger partial charge in [-0.25, -0.2) is 0 Å². The van der Waals surface area contributed by atoms with Gasteiger partial charge < -0.3 is 0 Å². The molecule has 1 rings (SSSR count). The van der Waals surface area contributed by atoms with E-state index in [0.717, 1.165) is 0 Å². The highest BCUT2D eigenvalue weighted by Gasteiger charge is 2.35.